The van der Waals surface area contributed by atoms with Crippen molar-refractivity contribution in [3.8, 4) is 0 Å². The Morgan fingerprint density at radius 1 is 1.35 bits per heavy atom. The van der Waals surface area contributed by atoms with E-state index in [0.717, 1.165) is 18.5 Å². The molecule has 20 heavy (non-hydrogen) atoms. The van der Waals surface area contributed by atoms with Crippen molar-refractivity contribution < 1.29 is 4.79 Å². The molecule has 1 aliphatic carbocycles. The lowest BCUT2D eigenvalue weighted by Gasteiger charge is -2.28. The van der Waals surface area contributed by atoms with E-state index in [0.29, 0.717) is 18.3 Å². The summed E-state index contributed by atoms with van der Waals surface area (Å²) in [6, 6.07) is 8.29. The van der Waals surface area contributed by atoms with Gasteiger partial charge in [-0.15, -0.1) is 0 Å². The summed E-state index contributed by atoms with van der Waals surface area (Å²) in [5.74, 6) is 0.906. The van der Waals surface area contributed by atoms with Gasteiger partial charge in [-0.25, -0.2) is 0 Å². The molecule has 3 heteroatoms. The van der Waals surface area contributed by atoms with Gasteiger partial charge in [0.15, 0.2) is 0 Å². The molecule has 2 rings (SSSR count). The van der Waals surface area contributed by atoms with Crippen molar-refractivity contribution in [3.05, 3.63) is 29.8 Å². The van der Waals surface area contributed by atoms with E-state index in [1.165, 1.54) is 18.4 Å². The molecule has 3 nitrogen and oxygen atoms in total. The fourth-order valence-corrected chi connectivity index (χ4v) is 2.92. The summed E-state index contributed by atoms with van der Waals surface area (Å²) < 4.78 is 0. The first-order valence-electron chi connectivity index (χ1n) is 7.71. The van der Waals surface area contributed by atoms with E-state index >= 15 is 0 Å². The molecular formula is C17H26N2O. The van der Waals surface area contributed by atoms with Gasteiger partial charge in [-0.3, -0.25) is 4.79 Å². The molecule has 2 atom stereocenters. The summed E-state index contributed by atoms with van der Waals surface area (Å²) in [6.07, 6.45) is 5.10. The van der Waals surface area contributed by atoms with E-state index in [9.17, 15) is 4.79 Å². The van der Waals surface area contributed by atoms with Crippen molar-refractivity contribution in [2.75, 3.05) is 5.32 Å². The summed E-state index contributed by atoms with van der Waals surface area (Å²) in [6.45, 7) is 4.31. The number of rotatable bonds is 4. The highest BCUT2D eigenvalue weighted by Gasteiger charge is 2.24. The van der Waals surface area contributed by atoms with Crippen LogP contribution in [-0.4, -0.2) is 11.9 Å². The quantitative estimate of drug-likeness (QED) is 0.880. The molecule has 1 aromatic rings. The number of benzene rings is 1. The predicted molar refractivity (Wildman–Crippen MR) is 83.7 cm³/mol. The average Bonchev–Trinajstić information content (AvgIpc) is 2.41. The number of hydrogen-bond acceptors (Lipinski definition) is 2. The van der Waals surface area contributed by atoms with Crippen molar-refractivity contribution in [1.82, 2.24) is 0 Å². The van der Waals surface area contributed by atoms with E-state index in [1.807, 2.05) is 12.1 Å². The summed E-state index contributed by atoms with van der Waals surface area (Å²) in [5.41, 5.74) is 8.25. The van der Waals surface area contributed by atoms with Crippen molar-refractivity contribution in [1.29, 1.82) is 0 Å². The zero-order chi connectivity index (χ0) is 14.5. The molecule has 3 N–H and O–H groups in total. The van der Waals surface area contributed by atoms with Gasteiger partial charge in [-0.2, -0.15) is 0 Å². The van der Waals surface area contributed by atoms with Gasteiger partial charge in [0.2, 0.25) is 5.91 Å². The number of nitrogens with one attached hydrogen (secondary N) is 1. The molecule has 1 fully saturated rings. The molecule has 0 aliphatic heterocycles. The molecule has 0 bridgehead atoms. The predicted octanol–water partition coefficient (Wildman–Crippen LogP) is 3.66. The number of carbonyl (C=O) groups excluding carboxylic acids is 1. The standard InChI is InChI=1S/C17H26N2O/c1-12(2)13-7-5-8-15(10-13)19-17(20)11-14-6-3-4-9-16(14)18/h5,7-8,10,12,14,16H,3-4,6,9,11,18H2,1-2H3,(H,19,20). The van der Waals surface area contributed by atoms with Gasteiger partial charge < -0.3 is 11.1 Å². The third-order valence-electron chi connectivity index (χ3n) is 4.25. The Kier molecular flexibility index (Phi) is 5.18. The maximum atomic E-state index is 12.1. The first kappa shape index (κ1) is 15.0. The zero-order valence-electron chi connectivity index (χ0n) is 12.6. The molecule has 0 spiro atoms. The lowest BCUT2D eigenvalue weighted by molar-refractivity contribution is -0.117. The second-order valence-corrected chi connectivity index (χ2v) is 6.24. The minimum Gasteiger partial charge on any atom is -0.327 e. The number of carbonyl (C=O) groups is 1. The number of amides is 1. The van der Waals surface area contributed by atoms with Crippen molar-refractivity contribution in [2.45, 2.75) is 57.9 Å². The molecule has 2 unspecified atom stereocenters. The van der Waals surface area contributed by atoms with Crippen molar-refractivity contribution in [3.63, 3.8) is 0 Å². The van der Waals surface area contributed by atoms with Crippen molar-refractivity contribution in [2.24, 2.45) is 11.7 Å². The second-order valence-electron chi connectivity index (χ2n) is 6.24. The minimum absolute atomic E-state index is 0.0910. The fourth-order valence-electron chi connectivity index (χ4n) is 2.92. The van der Waals surface area contributed by atoms with Crippen LogP contribution >= 0.6 is 0 Å². The molecule has 110 valence electrons. The van der Waals surface area contributed by atoms with Crippen LogP contribution in [0, 0.1) is 5.92 Å². The van der Waals surface area contributed by atoms with E-state index in [-0.39, 0.29) is 11.9 Å². The highest BCUT2D eigenvalue weighted by Crippen LogP contribution is 2.26. The minimum atomic E-state index is 0.0910. The van der Waals surface area contributed by atoms with E-state index in [4.69, 9.17) is 5.73 Å². The lowest BCUT2D eigenvalue weighted by atomic mass is 9.83. The molecule has 0 saturated heterocycles. The Morgan fingerprint density at radius 3 is 2.80 bits per heavy atom. The first-order valence-corrected chi connectivity index (χ1v) is 7.71. The van der Waals surface area contributed by atoms with E-state index in [2.05, 4.69) is 31.3 Å². The fraction of sp³-hybridized carbons (Fsp3) is 0.588. The van der Waals surface area contributed by atoms with Crippen LogP contribution in [0.5, 0.6) is 0 Å². The monoisotopic (exact) mass is 274 g/mol. The van der Waals surface area contributed by atoms with Gasteiger partial charge in [0.05, 0.1) is 0 Å². The van der Waals surface area contributed by atoms with Crippen LogP contribution in [0.4, 0.5) is 5.69 Å². The summed E-state index contributed by atoms with van der Waals surface area (Å²) in [5, 5.41) is 3.01. The van der Waals surface area contributed by atoms with E-state index < -0.39 is 0 Å². The Bertz CT molecular complexity index is 456. The van der Waals surface area contributed by atoms with Crippen LogP contribution in [0.15, 0.2) is 24.3 Å². The topological polar surface area (TPSA) is 55.1 Å². The van der Waals surface area contributed by atoms with E-state index in [1.54, 1.807) is 0 Å². The Labute approximate surface area is 121 Å². The molecule has 1 aliphatic rings. The summed E-state index contributed by atoms with van der Waals surface area (Å²) in [4.78, 5) is 12.1. The Hall–Kier alpha value is -1.35. The SMILES string of the molecule is CC(C)c1cccc(NC(=O)CC2CCCCC2N)c1. The molecule has 1 saturated carbocycles. The van der Waals surface area contributed by atoms with Crippen LogP contribution in [0.25, 0.3) is 0 Å². The van der Waals surface area contributed by atoms with Crippen LogP contribution in [0.1, 0.15) is 57.4 Å². The van der Waals surface area contributed by atoms with Crippen LogP contribution in [0.3, 0.4) is 0 Å². The largest absolute Gasteiger partial charge is 0.327 e. The number of nitrogens with two attached hydrogens (primary N) is 1. The van der Waals surface area contributed by atoms with Crippen LogP contribution in [-0.2, 0) is 4.79 Å². The second kappa shape index (κ2) is 6.89. The normalized spacial score (nSPS) is 22.8. The van der Waals surface area contributed by atoms with Gasteiger partial charge in [0, 0.05) is 18.2 Å². The first-order chi connectivity index (χ1) is 9.56. The third kappa shape index (κ3) is 4.07. The highest BCUT2D eigenvalue weighted by atomic mass is 16.1. The van der Waals surface area contributed by atoms with Crippen molar-refractivity contribution >= 4 is 11.6 Å². The maximum absolute atomic E-state index is 12.1. The Morgan fingerprint density at radius 2 is 2.10 bits per heavy atom. The maximum Gasteiger partial charge on any atom is 0.224 e. The molecule has 0 heterocycles. The van der Waals surface area contributed by atoms with Gasteiger partial charge in [-0.1, -0.05) is 38.8 Å². The van der Waals surface area contributed by atoms with Gasteiger partial charge >= 0.3 is 0 Å². The molecule has 1 aromatic carbocycles. The summed E-state index contributed by atoms with van der Waals surface area (Å²) in [7, 11) is 0. The molecule has 0 aromatic heterocycles. The molecule has 0 radical (unpaired) electrons. The lowest BCUT2D eigenvalue weighted by Crippen LogP contribution is -2.35. The highest BCUT2D eigenvalue weighted by molar-refractivity contribution is 5.91. The number of anilines is 1. The average molecular weight is 274 g/mol. The third-order valence-corrected chi connectivity index (χ3v) is 4.25. The molecular weight excluding hydrogens is 248 g/mol. The number of hydrogen-bond donors (Lipinski definition) is 2. The summed E-state index contributed by atoms with van der Waals surface area (Å²) >= 11 is 0. The van der Waals surface area contributed by atoms with Gasteiger partial charge in [0.1, 0.15) is 0 Å². The zero-order valence-corrected chi connectivity index (χ0v) is 12.6. The molecule has 1 amide bonds. The smallest absolute Gasteiger partial charge is 0.224 e. The van der Waals surface area contributed by atoms with Gasteiger partial charge in [-0.05, 0) is 42.4 Å². The Balaban J connectivity index is 1.92. The van der Waals surface area contributed by atoms with Crippen LogP contribution < -0.4 is 11.1 Å². The van der Waals surface area contributed by atoms with Crippen LogP contribution in [0.2, 0.25) is 0 Å². The van der Waals surface area contributed by atoms with Gasteiger partial charge in [0.25, 0.3) is 0 Å².